The number of carbonyl (C=O) groups excluding carboxylic acids is 1. The molecule has 2 rings (SSSR count). The van der Waals surface area contributed by atoms with Gasteiger partial charge >= 0.3 is 0 Å². The van der Waals surface area contributed by atoms with Gasteiger partial charge in [0.2, 0.25) is 15.9 Å². The minimum Gasteiger partial charge on any atom is -0.325 e. The number of halogens is 2. The van der Waals surface area contributed by atoms with E-state index in [1.807, 2.05) is 0 Å². The van der Waals surface area contributed by atoms with E-state index in [2.05, 4.69) is 10.0 Å². The van der Waals surface area contributed by atoms with Gasteiger partial charge in [0.1, 0.15) is 0 Å². The van der Waals surface area contributed by atoms with Crippen LogP contribution in [0.2, 0.25) is 10.0 Å². The molecule has 0 heterocycles. The topological polar surface area (TPSA) is 75.3 Å². The lowest BCUT2D eigenvalue weighted by Gasteiger charge is -2.14. The Kier molecular flexibility index (Phi) is 5.64. The number of amides is 1. The van der Waals surface area contributed by atoms with Crippen LogP contribution in [0.15, 0.2) is 53.4 Å². The number of rotatable bonds is 5. The van der Waals surface area contributed by atoms with Crippen molar-refractivity contribution in [3.05, 3.63) is 58.6 Å². The molecule has 0 aliphatic rings. The predicted molar refractivity (Wildman–Crippen MR) is 91.3 cm³/mol. The zero-order valence-electron chi connectivity index (χ0n) is 12.1. The molecular weight excluding hydrogens is 359 g/mol. The summed E-state index contributed by atoms with van der Waals surface area (Å²) in [5, 5.41) is 3.49. The lowest BCUT2D eigenvalue weighted by atomic mass is 10.3. The summed E-state index contributed by atoms with van der Waals surface area (Å²) in [6.07, 6.45) is 0. The molecule has 0 spiro atoms. The third kappa shape index (κ3) is 4.94. The number of nitrogens with one attached hydrogen (secondary N) is 2. The van der Waals surface area contributed by atoms with Crippen LogP contribution in [0.4, 0.5) is 5.69 Å². The Morgan fingerprint density at radius 3 is 2.30 bits per heavy atom. The van der Waals surface area contributed by atoms with Gasteiger partial charge in [-0.2, -0.15) is 4.72 Å². The van der Waals surface area contributed by atoms with Gasteiger partial charge in [-0.1, -0.05) is 29.3 Å². The van der Waals surface area contributed by atoms with Crippen LogP contribution in [0.3, 0.4) is 0 Å². The molecule has 1 atom stereocenters. The van der Waals surface area contributed by atoms with Gasteiger partial charge in [-0.3, -0.25) is 4.79 Å². The Hall–Kier alpha value is -1.60. The van der Waals surface area contributed by atoms with Gasteiger partial charge in [0, 0.05) is 15.7 Å². The van der Waals surface area contributed by atoms with E-state index in [-0.39, 0.29) is 4.90 Å². The molecule has 0 fully saturated rings. The molecule has 0 radical (unpaired) electrons. The van der Waals surface area contributed by atoms with Gasteiger partial charge in [0.05, 0.1) is 10.9 Å². The lowest BCUT2D eigenvalue weighted by molar-refractivity contribution is -0.117. The van der Waals surface area contributed by atoms with E-state index in [1.54, 1.807) is 24.3 Å². The molecule has 0 saturated carbocycles. The Balaban J connectivity index is 2.06. The molecule has 0 aliphatic carbocycles. The van der Waals surface area contributed by atoms with E-state index >= 15 is 0 Å². The van der Waals surface area contributed by atoms with E-state index in [4.69, 9.17) is 23.2 Å². The van der Waals surface area contributed by atoms with Crippen LogP contribution in [-0.2, 0) is 14.8 Å². The molecule has 0 saturated heterocycles. The van der Waals surface area contributed by atoms with Gasteiger partial charge < -0.3 is 5.32 Å². The van der Waals surface area contributed by atoms with Crippen LogP contribution in [0.5, 0.6) is 0 Å². The van der Waals surface area contributed by atoms with Gasteiger partial charge in [-0.15, -0.1) is 0 Å². The van der Waals surface area contributed by atoms with E-state index in [0.29, 0.717) is 15.7 Å². The average Bonchev–Trinajstić information content (AvgIpc) is 2.47. The summed E-state index contributed by atoms with van der Waals surface area (Å²) in [6.45, 7) is 1.45. The summed E-state index contributed by atoms with van der Waals surface area (Å²) in [4.78, 5) is 12.1. The van der Waals surface area contributed by atoms with E-state index in [0.717, 1.165) is 0 Å². The van der Waals surface area contributed by atoms with Crippen molar-refractivity contribution in [3.8, 4) is 0 Å². The van der Waals surface area contributed by atoms with Crippen LogP contribution >= 0.6 is 23.2 Å². The number of anilines is 1. The second-order valence-corrected chi connectivity index (χ2v) is 7.38. The van der Waals surface area contributed by atoms with Crippen LogP contribution in [0, 0.1) is 0 Å². The maximum absolute atomic E-state index is 12.2. The number of hydrogen-bond donors (Lipinski definition) is 2. The molecule has 0 aromatic heterocycles. The first-order valence-electron chi connectivity index (χ1n) is 6.62. The highest BCUT2D eigenvalue weighted by Crippen LogP contribution is 2.16. The quantitative estimate of drug-likeness (QED) is 0.845. The second-order valence-electron chi connectivity index (χ2n) is 4.80. The highest BCUT2D eigenvalue weighted by molar-refractivity contribution is 7.89. The maximum Gasteiger partial charge on any atom is 0.242 e. The van der Waals surface area contributed by atoms with E-state index in [9.17, 15) is 13.2 Å². The molecule has 2 N–H and O–H groups in total. The fourth-order valence-corrected chi connectivity index (χ4v) is 3.30. The minimum absolute atomic E-state index is 0.0318. The van der Waals surface area contributed by atoms with Gasteiger partial charge in [0.15, 0.2) is 0 Å². The summed E-state index contributed by atoms with van der Waals surface area (Å²) in [7, 11) is -3.82. The van der Waals surface area contributed by atoms with Crippen molar-refractivity contribution >= 4 is 44.8 Å². The zero-order valence-corrected chi connectivity index (χ0v) is 14.4. The Morgan fingerprint density at radius 2 is 1.70 bits per heavy atom. The van der Waals surface area contributed by atoms with Crippen LogP contribution in [0.25, 0.3) is 0 Å². The maximum atomic E-state index is 12.2. The number of sulfonamides is 1. The summed E-state index contributed by atoms with van der Waals surface area (Å²) in [5.41, 5.74) is 0.486. The summed E-state index contributed by atoms with van der Waals surface area (Å²) < 4.78 is 26.7. The van der Waals surface area contributed by atoms with Crippen molar-refractivity contribution < 1.29 is 13.2 Å². The monoisotopic (exact) mass is 372 g/mol. The standard InChI is InChI=1S/C15H14Cl2N2O3S/c1-10(15(20)18-13-4-2-3-12(17)9-13)19-23(21,22)14-7-5-11(16)6-8-14/h2-10,19H,1H3,(H,18,20)/t10-/m0/s1. The van der Waals surface area contributed by atoms with Crippen molar-refractivity contribution in [3.63, 3.8) is 0 Å². The van der Waals surface area contributed by atoms with Crippen molar-refractivity contribution in [2.45, 2.75) is 17.9 Å². The molecule has 0 aliphatic heterocycles. The Bertz CT molecular complexity index is 808. The molecule has 1 amide bonds. The van der Waals surface area contributed by atoms with Gasteiger partial charge in [0.25, 0.3) is 0 Å². The highest BCUT2D eigenvalue weighted by Gasteiger charge is 2.22. The molecule has 122 valence electrons. The third-order valence-electron chi connectivity index (χ3n) is 2.94. The number of hydrogen-bond acceptors (Lipinski definition) is 3. The van der Waals surface area contributed by atoms with E-state index < -0.39 is 22.0 Å². The fraction of sp³-hybridized carbons (Fsp3) is 0.133. The predicted octanol–water partition coefficient (Wildman–Crippen LogP) is 3.30. The normalized spacial score (nSPS) is 12.7. The number of carbonyl (C=O) groups is 1. The van der Waals surface area contributed by atoms with Crippen molar-refractivity contribution in [2.24, 2.45) is 0 Å². The first-order chi connectivity index (χ1) is 10.8. The van der Waals surface area contributed by atoms with Crippen molar-refractivity contribution in [1.29, 1.82) is 0 Å². The summed E-state index contributed by atoms with van der Waals surface area (Å²) in [6, 6.07) is 11.3. The minimum atomic E-state index is -3.82. The van der Waals surface area contributed by atoms with Gasteiger partial charge in [-0.05, 0) is 49.4 Å². The summed E-state index contributed by atoms with van der Waals surface area (Å²) in [5.74, 6) is -0.496. The first-order valence-corrected chi connectivity index (χ1v) is 8.86. The van der Waals surface area contributed by atoms with Crippen LogP contribution in [0.1, 0.15) is 6.92 Å². The SMILES string of the molecule is C[C@H](NS(=O)(=O)c1ccc(Cl)cc1)C(=O)Nc1cccc(Cl)c1. The molecule has 0 unspecified atom stereocenters. The Morgan fingerprint density at radius 1 is 1.04 bits per heavy atom. The largest absolute Gasteiger partial charge is 0.325 e. The fourth-order valence-electron chi connectivity index (χ4n) is 1.78. The lowest BCUT2D eigenvalue weighted by Crippen LogP contribution is -2.41. The number of benzene rings is 2. The second kappa shape index (κ2) is 7.31. The van der Waals surface area contributed by atoms with E-state index in [1.165, 1.54) is 31.2 Å². The van der Waals surface area contributed by atoms with Crippen molar-refractivity contribution in [2.75, 3.05) is 5.32 Å². The molecular formula is C15H14Cl2N2O3S. The summed E-state index contributed by atoms with van der Waals surface area (Å²) >= 11 is 11.6. The zero-order chi connectivity index (χ0) is 17.0. The third-order valence-corrected chi connectivity index (χ3v) is 4.99. The molecule has 8 heteroatoms. The molecule has 2 aromatic rings. The first kappa shape index (κ1) is 17.7. The van der Waals surface area contributed by atoms with Gasteiger partial charge in [-0.25, -0.2) is 8.42 Å². The van der Waals surface area contributed by atoms with Crippen LogP contribution < -0.4 is 10.0 Å². The Labute approximate surface area is 144 Å². The molecule has 23 heavy (non-hydrogen) atoms. The molecule has 0 bridgehead atoms. The van der Waals surface area contributed by atoms with Crippen LogP contribution in [-0.4, -0.2) is 20.4 Å². The highest BCUT2D eigenvalue weighted by atomic mass is 35.5. The van der Waals surface area contributed by atoms with Crippen molar-refractivity contribution in [1.82, 2.24) is 4.72 Å². The molecule has 5 nitrogen and oxygen atoms in total. The average molecular weight is 373 g/mol. The smallest absolute Gasteiger partial charge is 0.242 e. The molecule has 2 aromatic carbocycles.